The molecule has 2 N–H and O–H groups in total. The van der Waals surface area contributed by atoms with E-state index in [4.69, 9.17) is 0 Å². The number of benzene rings is 1. The van der Waals surface area contributed by atoms with Crippen molar-refractivity contribution in [3.05, 3.63) is 60.3 Å². The molecule has 132 valence electrons. The van der Waals surface area contributed by atoms with Crippen LogP contribution in [0.25, 0.3) is 0 Å². The summed E-state index contributed by atoms with van der Waals surface area (Å²) in [6.45, 7) is 6.58. The van der Waals surface area contributed by atoms with Crippen LogP contribution in [0.15, 0.2) is 54.7 Å². The van der Waals surface area contributed by atoms with Crippen molar-refractivity contribution >= 4 is 11.7 Å². The van der Waals surface area contributed by atoms with E-state index in [1.807, 2.05) is 42.4 Å². The fraction of sp³-hybridized carbons (Fsp3) is 0.400. The summed E-state index contributed by atoms with van der Waals surface area (Å²) in [5.74, 6) is 1.37. The molecule has 0 bridgehead atoms. The standard InChI is InChI=1S/C20H26N4O/c1-17(18-8-4-3-5-9-18)22(2)20(25)16-23-12-14-24(15-13-23)19-10-6-7-11-21-19/h3-11,17H,12-16H2,1-2H3/p+2/t17-/m1/s1. The van der Waals surface area contributed by atoms with Crippen molar-refractivity contribution < 1.29 is 14.7 Å². The molecule has 1 amide bonds. The zero-order valence-electron chi connectivity index (χ0n) is 15.1. The number of piperazine rings is 1. The second-order valence-corrected chi connectivity index (χ2v) is 6.75. The summed E-state index contributed by atoms with van der Waals surface area (Å²) in [6, 6.07) is 16.5. The Hall–Kier alpha value is -2.40. The van der Waals surface area contributed by atoms with Gasteiger partial charge in [-0.1, -0.05) is 36.4 Å². The number of nitrogens with zero attached hydrogens (tertiary/aromatic N) is 2. The van der Waals surface area contributed by atoms with Gasteiger partial charge in [-0.05, 0) is 18.6 Å². The van der Waals surface area contributed by atoms with E-state index in [0.29, 0.717) is 6.54 Å². The number of hydrogen-bond acceptors (Lipinski definition) is 2. The summed E-state index contributed by atoms with van der Waals surface area (Å²) in [4.78, 5) is 21.5. The predicted molar refractivity (Wildman–Crippen MR) is 98.4 cm³/mol. The van der Waals surface area contributed by atoms with E-state index in [1.165, 1.54) is 10.5 Å². The monoisotopic (exact) mass is 340 g/mol. The molecule has 25 heavy (non-hydrogen) atoms. The van der Waals surface area contributed by atoms with Crippen LogP contribution in [0.3, 0.4) is 0 Å². The lowest BCUT2D eigenvalue weighted by Gasteiger charge is -2.30. The first-order valence-electron chi connectivity index (χ1n) is 9.01. The molecule has 0 unspecified atom stereocenters. The minimum Gasteiger partial charge on any atom is -0.334 e. The highest BCUT2D eigenvalue weighted by Gasteiger charge is 2.29. The van der Waals surface area contributed by atoms with Crippen LogP contribution in [-0.2, 0) is 4.79 Å². The number of anilines is 1. The van der Waals surface area contributed by atoms with Crippen molar-refractivity contribution in [2.45, 2.75) is 13.0 Å². The average molecular weight is 340 g/mol. The number of hydrogen-bond donors (Lipinski definition) is 1. The van der Waals surface area contributed by atoms with Gasteiger partial charge < -0.3 is 9.80 Å². The van der Waals surface area contributed by atoms with Crippen molar-refractivity contribution in [3.63, 3.8) is 0 Å². The van der Waals surface area contributed by atoms with Crippen molar-refractivity contribution in [2.75, 3.05) is 44.7 Å². The van der Waals surface area contributed by atoms with Gasteiger partial charge in [-0.2, -0.15) is 0 Å². The topological polar surface area (TPSA) is 42.1 Å². The predicted octanol–water partition coefficient (Wildman–Crippen LogP) is 0.425. The number of pyridine rings is 1. The molecule has 1 aliphatic rings. The molecular formula is C20H28N4O+2. The lowest BCUT2D eigenvalue weighted by atomic mass is 10.1. The van der Waals surface area contributed by atoms with Crippen molar-refractivity contribution in [1.29, 1.82) is 0 Å². The van der Waals surface area contributed by atoms with Gasteiger partial charge in [-0.15, -0.1) is 0 Å². The van der Waals surface area contributed by atoms with Crippen LogP contribution in [0.2, 0.25) is 0 Å². The quantitative estimate of drug-likeness (QED) is 0.857. The van der Waals surface area contributed by atoms with Crippen molar-refractivity contribution in [3.8, 4) is 0 Å². The minimum absolute atomic E-state index is 0.105. The first-order valence-corrected chi connectivity index (χ1v) is 9.01. The van der Waals surface area contributed by atoms with Gasteiger partial charge in [0.1, 0.15) is 26.2 Å². The van der Waals surface area contributed by atoms with Gasteiger partial charge in [-0.25, -0.2) is 4.98 Å². The summed E-state index contributed by atoms with van der Waals surface area (Å²) in [7, 11) is 1.91. The molecular weight excluding hydrogens is 312 g/mol. The van der Waals surface area contributed by atoms with E-state index >= 15 is 0 Å². The number of carbonyl (C=O) groups is 1. The number of aromatic nitrogens is 1. The number of quaternary nitrogens is 1. The number of aromatic amines is 1. The van der Waals surface area contributed by atoms with Gasteiger partial charge in [0, 0.05) is 13.1 Å². The van der Waals surface area contributed by atoms with Crippen LogP contribution in [0.1, 0.15) is 18.5 Å². The third-order valence-electron chi connectivity index (χ3n) is 5.16. The number of amides is 1. The number of nitrogens with one attached hydrogen (secondary N) is 2. The van der Waals surface area contributed by atoms with Gasteiger partial charge in [0.25, 0.3) is 11.7 Å². The van der Waals surface area contributed by atoms with Crippen LogP contribution in [0, 0.1) is 0 Å². The van der Waals surface area contributed by atoms with Gasteiger partial charge >= 0.3 is 0 Å². The summed E-state index contributed by atoms with van der Waals surface area (Å²) in [5.41, 5.74) is 1.18. The Morgan fingerprint density at radius 2 is 1.84 bits per heavy atom. The molecule has 2 heterocycles. The van der Waals surface area contributed by atoms with Gasteiger partial charge in [0.05, 0.1) is 12.2 Å². The Labute approximate surface area is 149 Å². The molecule has 5 heteroatoms. The molecule has 0 spiro atoms. The summed E-state index contributed by atoms with van der Waals surface area (Å²) in [6.07, 6.45) is 1.96. The van der Waals surface area contributed by atoms with E-state index in [1.54, 1.807) is 0 Å². The summed E-state index contributed by atoms with van der Waals surface area (Å²) >= 11 is 0. The van der Waals surface area contributed by atoms with Crippen molar-refractivity contribution in [2.24, 2.45) is 0 Å². The maximum atomic E-state index is 12.7. The molecule has 5 nitrogen and oxygen atoms in total. The third-order valence-corrected chi connectivity index (χ3v) is 5.16. The van der Waals surface area contributed by atoms with Gasteiger partial charge in [-0.3, -0.25) is 9.69 Å². The SMILES string of the molecule is C[C@H](c1ccccc1)N(C)C(=O)C[NH+]1CCN(c2cccc[nH+]2)CC1. The molecule has 2 aromatic rings. The minimum atomic E-state index is 0.105. The van der Waals surface area contributed by atoms with E-state index < -0.39 is 0 Å². The summed E-state index contributed by atoms with van der Waals surface area (Å²) in [5, 5.41) is 0. The molecule has 1 atom stereocenters. The molecule has 0 saturated carbocycles. The fourth-order valence-electron chi connectivity index (χ4n) is 3.33. The van der Waals surface area contributed by atoms with Gasteiger partial charge in [0.2, 0.25) is 0 Å². The Morgan fingerprint density at radius 1 is 1.16 bits per heavy atom. The zero-order chi connectivity index (χ0) is 17.6. The highest BCUT2D eigenvalue weighted by atomic mass is 16.2. The molecule has 1 aromatic heterocycles. The van der Waals surface area contributed by atoms with Gasteiger partial charge in [0.15, 0.2) is 6.54 Å². The highest BCUT2D eigenvalue weighted by molar-refractivity contribution is 5.77. The summed E-state index contributed by atoms with van der Waals surface area (Å²) < 4.78 is 0. The van der Waals surface area contributed by atoms with Crippen LogP contribution in [0.4, 0.5) is 5.82 Å². The van der Waals surface area contributed by atoms with E-state index in [2.05, 4.69) is 41.1 Å². The van der Waals surface area contributed by atoms with E-state index in [-0.39, 0.29) is 11.9 Å². The van der Waals surface area contributed by atoms with E-state index in [9.17, 15) is 4.79 Å². The van der Waals surface area contributed by atoms with Crippen molar-refractivity contribution in [1.82, 2.24) is 4.90 Å². The largest absolute Gasteiger partial charge is 0.334 e. The fourth-order valence-corrected chi connectivity index (χ4v) is 3.33. The third kappa shape index (κ3) is 4.37. The molecule has 3 rings (SSSR count). The maximum absolute atomic E-state index is 12.7. The van der Waals surface area contributed by atoms with E-state index in [0.717, 1.165) is 32.0 Å². The number of rotatable bonds is 5. The Kier molecular flexibility index (Phi) is 5.66. The maximum Gasteiger partial charge on any atom is 0.278 e. The highest BCUT2D eigenvalue weighted by Crippen LogP contribution is 2.17. The lowest BCUT2D eigenvalue weighted by Crippen LogP contribution is -3.15. The Balaban J connectivity index is 1.50. The number of carbonyl (C=O) groups excluding carboxylic acids is 1. The van der Waals surface area contributed by atoms with Crippen LogP contribution in [-0.4, -0.2) is 50.6 Å². The van der Waals surface area contributed by atoms with Crippen LogP contribution in [0.5, 0.6) is 0 Å². The lowest BCUT2D eigenvalue weighted by molar-refractivity contribution is -0.892. The average Bonchev–Trinajstić information content (AvgIpc) is 2.68. The molecule has 0 aliphatic carbocycles. The molecule has 1 aromatic carbocycles. The van der Waals surface area contributed by atoms with Crippen LogP contribution < -0.4 is 14.8 Å². The molecule has 1 fully saturated rings. The number of H-pyrrole nitrogens is 1. The smallest absolute Gasteiger partial charge is 0.278 e. The Bertz CT molecular complexity index is 669. The normalized spacial score (nSPS) is 16.5. The first-order chi connectivity index (χ1) is 12.1. The van der Waals surface area contributed by atoms with Crippen LogP contribution >= 0.6 is 0 Å². The Morgan fingerprint density at radius 3 is 2.48 bits per heavy atom. The zero-order valence-corrected chi connectivity index (χ0v) is 15.1. The second kappa shape index (κ2) is 8.12. The number of likely N-dealkylation sites (N-methyl/N-ethyl adjacent to an activating group) is 1. The first kappa shape index (κ1) is 17.4. The molecule has 1 saturated heterocycles. The second-order valence-electron chi connectivity index (χ2n) is 6.75. The molecule has 0 radical (unpaired) electrons. The molecule has 1 aliphatic heterocycles.